The predicted molar refractivity (Wildman–Crippen MR) is 104 cm³/mol. The maximum Gasteiger partial charge on any atom is 0.133 e. The number of aromatic nitrogens is 3. The van der Waals surface area contributed by atoms with Crippen molar-refractivity contribution in [1.29, 1.82) is 0 Å². The van der Waals surface area contributed by atoms with Crippen molar-refractivity contribution in [2.24, 2.45) is 0 Å². The van der Waals surface area contributed by atoms with Crippen molar-refractivity contribution >= 4 is 11.6 Å². The first-order chi connectivity index (χ1) is 12.7. The van der Waals surface area contributed by atoms with Crippen LogP contribution in [-0.4, -0.2) is 21.4 Å². The van der Waals surface area contributed by atoms with E-state index in [1.165, 1.54) is 11.1 Å². The molecule has 0 saturated heterocycles. The zero-order valence-electron chi connectivity index (χ0n) is 15.1. The zero-order valence-corrected chi connectivity index (χ0v) is 15.1. The molecule has 0 atom stereocenters. The van der Waals surface area contributed by atoms with Gasteiger partial charge in [0.25, 0.3) is 0 Å². The summed E-state index contributed by atoms with van der Waals surface area (Å²) in [6.45, 7) is 4.34. The number of unbranched alkanes of at least 4 members (excludes halogenated alkanes) is 1. The van der Waals surface area contributed by atoms with E-state index in [0.717, 1.165) is 30.6 Å². The van der Waals surface area contributed by atoms with Crippen molar-refractivity contribution < 1.29 is 4.74 Å². The molecule has 2 aromatic heterocycles. The molecule has 136 valence electrons. The standard InChI is InChI=1S/C20H25N5O/c1-2-3-10-26-14-16-6-4-15(5-7-16)12-25-13-17(11-23-25)18-8-9-19(21)24-20(18)22/h4-9,11,13H,2-3,10,12,14H2,1H3,(H4,21,22,24). The fraction of sp³-hybridized carbons (Fsp3) is 0.300. The lowest BCUT2D eigenvalue weighted by atomic mass is 10.1. The fourth-order valence-electron chi connectivity index (χ4n) is 2.69. The monoisotopic (exact) mass is 351 g/mol. The van der Waals surface area contributed by atoms with Crippen LogP contribution in [0.25, 0.3) is 11.1 Å². The second-order valence-electron chi connectivity index (χ2n) is 6.32. The largest absolute Gasteiger partial charge is 0.384 e. The summed E-state index contributed by atoms with van der Waals surface area (Å²) in [5.41, 5.74) is 15.7. The van der Waals surface area contributed by atoms with E-state index in [-0.39, 0.29) is 0 Å². The highest BCUT2D eigenvalue weighted by atomic mass is 16.5. The van der Waals surface area contributed by atoms with E-state index in [4.69, 9.17) is 16.2 Å². The number of hydrogen-bond donors (Lipinski definition) is 2. The number of nitrogen functional groups attached to an aromatic ring is 2. The van der Waals surface area contributed by atoms with Crippen molar-refractivity contribution in [3.05, 3.63) is 59.9 Å². The van der Waals surface area contributed by atoms with Gasteiger partial charge in [0.15, 0.2) is 0 Å². The van der Waals surface area contributed by atoms with E-state index >= 15 is 0 Å². The molecule has 0 spiro atoms. The minimum Gasteiger partial charge on any atom is -0.384 e. The van der Waals surface area contributed by atoms with Gasteiger partial charge in [0.1, 0.15) is 11.6 Å². The molecule has 0 fully saturated rings. The van der Waals surface area contributed by atoms with E-state index < -0.39 is 0 Å². The zero-order chi connectivity index (χ0) is 18.4. The summed E-state index contributed by atoms with van der Waals surface area (Å²) in [5, 5.41) is 4.42. The van der Waals surface area contributed by atoms with Crippen LogP contribution in [0.2, 0.25) is 0 Å². The van der Waals surface area contributed by atoms with Crippen LogP contribution in [0, 0.1) is 0 Å². The lowest BCUT2D eigenvalue weighted by Gasteiger charge is -2.06. The van der Waals surface area contributed by atoms with Gasteiger partial charge in [0.05, 0.1) is 19.3 Å². The first-order valence-corrected chi connectivity index (χ1v) is 8.86. The molecule has 6 heteroatoms. The van der Waals surface area contributed by atoms with Gasteiger partial charge in [0, 0.05) is 23.9 Å². The van der Waals surface area contributed by atoms with Crippen LogP contribution < -0.4 is 11.5 Å². The normalized spacial score (nSPS) is 11.0. The minimum atomic E-state index is 0.414. The molecule has 0 amide bonds. The quantitative estimate of drug-likeness (QED) is 0.606. The topological polar surface area (TPSA) is 92.0 Å². The molecule has 26 heavy (non-hydrogen) atoms. The first-order valence-electron chi connectivity index (χ1n) is 8.86. The number of ether oxygens (including phenoxy) is 1. The molecule has 0 saturated carbocycles. The summed E-state index contributed by atoms with van der Waals surface area (Å²) < 4.78 is 7.53. The first kappa shape index (κ1) is 17.9. The molecule has 3 aromatic rings. The smallest absolute Gasteiger partial charge is 0.133 e. The summed E-state index contributed by atoms with van der Waals surface area (Å²) >= 11 is 0. The molecule has 0 radical (unpaired) electrons. The Kier molecular flexibility index (Phi) is 5.86. The van der Waals surface area contributed by atoms with Gasteiger partial charge in [-0.3, -0.25) is 4.68 Å². The maximum absolute atomic E-state index is 5.95. The Morgan fingerprint density at radius 1 is 1.04 bits per heavy atom. The molecule has 0 bridgehead atoms. The van der Waals surface area contributed by atoms with Gasteiger partial charge >= 0.3 is 0 Å². The summed E-state index contributed by atoms with van der Waals surface area (Å²) in [7, 11) is 0. The Balaban J connectivity index is 1.62. The Morgan fingerprint density at radius 2 is 1.81 bits per heavy atom. The van der Waals surface area contributed by atoms with Crippen LogP contribution in [0.15, 0.2) is 48.8 Å². The lowest BCUT2D eigenvalue weighted by molar-refractivity contribution is 0.118. The second-order valence-corrected chi connectivity index (χ2v) is 6.32. The van der Waals surface area contributed by atoms with E-state index in [9.17, 15) is 0 Å². The number of rotatable bonds is 8. The van der Waals surface area contributed by atoms with E-state index in [0.29, 0.717) is 24.8 Å². The highest BCUT2D eigenvalue weighted by Gasteiger charge is 2.07. The third-order valence-corrected chi connectivity index (χ3v) is 4.17. The van der Waals surface area contributed by atoms with Crippen LogP contribution in [0.4, 0.5) is 11.6 Å². The Hall–Kier alpha value is -2.86. The molecule has 0 aliphatic rings. The Morgan fingerprint density at radius 3 is 2.54 bits per heavy atom. The maximum atomic E-state index is 5.95. The number of pyridine rings is 1. The van der Waals surface area contributed by atoms with Crippen LogP contribution in [0.1, 0.15) is 30.9 Å². The van der Waals surface area contributed by atoms with E-state index in [2.05, 4.69) is 41.3 Å². The van der Waals surface area contributed by atoms with E-state index in [1.54, 1.807) is 12.3 Å². The highest BCUT2D eigenvalue weighted by molar-refractivity contribution is 5.73. The van der Waals surface area contributed by atoms with Gasteiger partial charge in [-0.25, -0.2) is 4.98 Å². The number of anilines is 2. The van der Waals surface area contributed by atoms with Crippen molar-refractivity contribution in [1.82, 2.24) is 14.8 Å². The van der Waals surface area contributed by atoms with Crippen LogP contribution in [-0.2, 0) is 17.9 Å². The number of nitrogens with zero attached hydrogens (tertiary/aromatic N) is 3. The summed E-state index contributed by atoms with van der Waals surface area (Å²) in [6, 6.07) is 12.0. The molecule has 0 aliphatic carbocycles. The molecular weight excluding hydrogens is 326 g/mol. The van der Waals surface area contributed by atoms with Crippen molar-refractivity contribution in [3.63, 3.8) is 0 Å². The van der Waals surface area contributed by atoms with Crippen LogP contribution in [0.3, 0.4) is 0 Å². The van der Waals surface area contributed by atoms with Gasteiger partial charge in [-0.2, -0.15) is 5.10 Å². The third-order valence-electron chi connectivity index (χ3n) is 4.17. The van der Waals surface area contributed by atoms with Crippen molar-refractivity contribution in [3.8, 4) is 11.1 Å². The predicted octanol–water partition coefficient (Wildman–Crippen LogP) is 3.47. The average molecular weight is 351 g/mol. The van der Waals surface area contributed by atoms with Gasteiger partial charge in [-0.1, -0.05) is 37.6 Å². The van der Waals surface area contributed by atoms with Crippen molar-refractivity contribution in [2.45, 2.75) is 32.9 Å². The number of benzene rings is 1. The molecule has 2 heterocycles. The van der Waals surface area contributed by atoms with Gasteiger partial charge in [0.2, 0.25) is 0 Å². The SMILES string of the molecule is CCCCOCc1ccc(Cn2cc(-c3ccc(N)nc3N)cn2)cc1. The fourth-order valence-corrected chi connectivity index (χ4v) is 2.69. The lowest BCUT2D eigenvalue weighted by Crippen LogP contribution is -2.01. The number of nitrogens with two attached hydrogens (primary N) is 2. The average Bonchev–Trinajstić information content (AvgIpc) is 3.08. The Labute approximate surface area is 153 Å². The molecule has 1 aromatic carbocycles. The third kappa shape index (κ3) is 4.61. The minimum absolute atomic E-state index is 0.414. The Bertz CT molecular complexity index is 842. The summed E-state index contributed by atoms with van der Waals surface area (Å²) in [4.78, 5) is 4.10. The molecular formula is C20H25N5O. The summed E-state index contributed by atoms with van der Waals surface area (Å²) in [6.07, 6.45) is 6.02. The molecule has 6 nitrogen and oxygen atoms in total. The molecule has 3 rings (SSSR count). The second kappa shape index (κ2) is 8.49. The van der Waals surface area contributed by atoms with Crippen LogP contribution >= 0.6 is 0 Å². The highest BCUT2D eigenvalue weighted by Crippen LogP contribution is 2.24. The molecule has 0 aliphatic heterocycles. The van der Waals surface area contributed by atoms with Crippen molar-refractivity contribution in [2.75, 3.05) is 18.1 Å². The van der Waals surface area contributed by atoms with Gasteiger partial charge < -0.3 is 16.2 Å². The van der Waals surface area contributed by atoms with Gasteiger partial charge in [-0.15, -0.1) is 0 Å². The molecule has 0 unspecified atom stereocenters. The van der Waals surface area contributed by atoms with Gasteiger partial charge in [-0.05, 0) is 29.7 Å². The van der Waals surface area contributed by atoms with Crippen LogP contribution in [0.5, 0.6) is 0 Å². The number of hydrogen-bond acceptors (Lipinski definition) is 5. The van der Waals surface area contributed by atoms with E-state index in [1.807, 2.05) is 16.9 Å². The molecule has 4 N–H and O–H groups in total. The summed E-state index contributed by atoms with van der Waals surface area (Å²) in [5.74, 6) is 0.828.